The molecule has 2 aromatic carbocycles. The fourth-order valence-electron chi connectivity index (χ4n) is 3.53. The maximum Gasteiger partial charge on any atom is 0.320 e. The number of benzene rings is 2. The van der Waals surface area contributed by atoms with Crippen molar-refractivity contribution < 1.29 is 23.8 Å². The molecule has 0 radical (unpaired) electrons. The molecule has 1 aromatic heterocycles. The van der Waals surface area contributed by atoms with Crippen LogP contribution in [0.25, 0.3) is 10.9 Å². The Kier molecular flexibility index (Phi) is 8.78. The Morgan fingerprint density at radius 1 is 1.19 bits per heavy atom. The number of anilines is 3. The van der Waals surface area contributed by atoms with Crippen molar-refractivity contribution >= 4 is 45.7 Å². The number of aliphatic hydroxyl groups is 1. The molecule has 0 saturated heterocycles. The van der Waals surface area contributed by atoms with E-state index in [2.05, 4.69) is 15.3 Å². The minimum atomic E-state index is -0.674. The van der Waals surface area contributed by atoms with Crippen molar-refractivity contribution in [3.05, 3.63) is 47.5 Å². The number of aromatic nitrogens is 2. The van der Waals surface area contributed by atoms with Gasteiger partial charge in [0.15, 0.2) is 0 Å². The van der Waals surface area contributed by atoms with Gasteiger partial charge in [0.25, 0.3) is 0 Å². The van der Waals surface area contributed by atoms with E-state index in [1.165, 1.54) is 18.5 Å². The first-order chi connectivity index (χ1) is 17.3. The first kappa shape index (κ1) is 28.4. The zero-order valence-corrected chi connectivity index (χ0v) is 22.4. The third-order valence-electron chi connectivity index (χ3n) is 5.55. The molecule has 11 heteroatoms. The van der Waals surface area contributed by atoms with E-state index < -0.39 is 22.9 Å². The van der Waals surface area contributed by atoms with Crippen molar-refractivity contribution in [1.82, 2.24) is 14.9 Å². The van der Waals surface area contributed by atoms with Crippen LogP contribution in [-0.4, -0.2) is 63.4 Å². The summed E-state index contributed by atoms with van der Waals surface area (Å²) in [6.45, 7) is 9.46. The van der Waals surface area contributed by atoms with Crippen molar-refractivity contribution in [2.24, 2.45) is 0 Å². The van der Waals surface area contributed by atoms with E-state index in [-0.39, 0.29) is 24.8 Å². The van der Waals surface area contributed by atoms with E-state index in [9.17, 15) is 14.3 Å². The second-order valence-corrected chi connectivity index (χ2v) is 10.6. The quantitative estimate of drug-likeness (QED) is 0.254. The highest BCUT2D eigenvalue weighted by molar-refractivity contribution is 6.31. The van der Waals surface area contributed by atoms with E-state index in [1.54, 1.807) is 43.9 Å². The van der Waals surface area contributed by atoms with Gasteiger partial charge in [-0.05, 0) is 58.9 Å². The summed E-state index contributed by atoms with van der Waals surface area (Å²) in [6.07, 6.45) is 1.39. The molecule has 1 heterocycles. The van der Waals surface area contributed by atoms with Gasteiger partial charge in [0.05, 0.1) is 29.4 Å². The molecule has 0 unspecified atom stereocenters. The third-order valence-corrected chi connectivity index (χ3v) is 5.84. The molecule has 0 atom stereocenters. The number of aliphatic hydroxyl groups excluding tert-OH is 1. The van der Waals surface area contributed by atoms with Gasteiger partial charge in [-0.25, -0.2) is 14.4 Å². The summed E-state index contributed by atoms with van der Waals surface area (Å²) in [6, 6.07) is 7.66. The second-order valence-electron chi connectivity index (χ2n) is 10.2. The molecule has 3 rings (SSSR count). The fourth-order valence-corrected chi connectivity index (χ4v) is 3.71. The molecule has 9 nitrogen and oxygen atoms in total. The molecule has 3 aromatic rings. The summed E-state index contributed by atoms with van der Waals surface area (Å²) < 4.78 is 24.9. The lowest BCUT2D eigenvalue weighted by Gasteiger charge is -2.37. The van der Waals surface area contributed by atoms with Crippen molar-refractivity contribution in [2.45, 2.75) is 45.8 Å². The standard InChI is InChI=1S/C26H33ClFN5O4/c1-25(2,3)37-23(35)13-33(26(4,5)14-34)8-9-36-22-12-21-17(11-20(22)29)24(31-15-30-21)32-16-6-7-19(28)18(27)10-16/h6-7,10-12,15,34H,8-9,13-14,29H2,1-5H3,(H,30,31,32). The smallest absolute Gasteiger partial charge is 0.320 e. The number of hydrogen-bond donors (Lipinski definition) is 3. The molecular weight excluding hydrogens is 501 g/mol. The van der Waals surface area contributed by atoms with Gasteiger partial charge < -0.3 is 25.6 Å². The van der Waals surface area contributed by atoms with Gasteiger partial charge >= 0.3 is 5.97 Å². The normalized spacial score (nSPS) is 12.1. The lowest BCUT2D eigenvalue weighted by atomic mass is 10.0. The highest BCUT2D eigenvalue weighted by Crippen LogP contribution is 2.32. The average molecular weight is 534 g/mol. The summed E-state index contributed by atoms with van der Waals surface area (Å²) in [5.74, 6) is -0.0172. The molecule has 0 amide bonds. The zero-order chi connectivity index (χ0) is 27.4. The lowest BCUT2D eigenvalue weighted by Crippen LogP contribution is -2.51. The zero-order valence-electron chi connectivity index (χ0n) is 21.6. The van der Waals surface area contributed by atoms with E-state index in [1.807, 2.05) is 13.8 Å². The Hall–Kier alpha value is -3.21. The predicted octanol–water partition coefficient (Wildman–Crippen LogP) is 4.54. The molecule has 0 aliphatic rings. The van der Waals surface area contributed by atoms with Crippen LogP contribution in [0, 0.1) is 5.82 Å². The Labute approximate surface area is 220 Å². The van der Waals surface area contributed by atoms with Crippen LogP contribution in [0.1, 0.15) is 34.6 Å². The number of esters is 1. The fraction of sp³-hybridized carbons (Fsp3) is 0.423. The molecule has 37 heavy (non-hydrogen) atoms. The molecule has 0 fully saturated rings. The summed E-state index contributed by atoms with van der Waals surface area (Å²) in [5, 5.41) is 13.6. The summed E-state index contributed by atoms with van der Waals surface area (Å²) in [5.41, 5.74) is 6.48. The van der Waals surface area contributed by atoms with Crippen LogP contribution in [0.15, 0.2) is 36.7 Å². The van der Waals surface area contributed by atoms with Gasteiger partial charge in [0.1, 0.15) is 35.9 Å². The number of hydrogen-bond acceptors (Lipinski definition) is 9. The minimum absolute atomic E-state index is 0.00293. The van der Waals surface area contributed by atoms with Crippen LogP contribution in [0.3, 0.4) is 0 Å². The first-order valence-corrected chi connectivity index (χ1v) is 12.1. The van der Waals surface area contributed by atoms with Gasteiger partial charge in [0.2, 0.25) is 0 Å². The number of nitrogens with zero attached hydrogens (tertiary/aromatic N) is 3. The molecule has 200 valence electrons. The first-order valence-electron chi connectivity index (χ1n) is 11.8. The number of rotatable bonds is 10. The summed E-state index contributed by atoms with van der Waals surface area (Å²) in [4.78, 5) is 22.8. The monoisotopic (exact) mass is 533 g/mol. The van der Waals surface area contributed by atoms with E-state index >= 15 is 0 Å². The minimum Gasteiger partial charge on any atom is -0.490 e. The highest BCUT2D eigenvalue weighted by atomic mass is 35.5. The van der Waals surface area contributed by atoms with Gasteiger partial charge in [0, 0.05) is 29.2 Å². The SMILES string of the molecule is CC(C)(C)OC(=O)CN(CCOc1cc2ncnc(Nc3ccc(F)c(Cl)c3)c2cc1N)C(C)(C)CO. The number of nitrogens with two attached hydrogens (primary N) is 1. The molecular formula is C26H33ClFN5O4. The van der Waals surface area contributed by atoms with Crippen LogP contribution in [-0.2, 0) is 9.53 Å². The van der Waals surface area contributed by atoms with Gasteiger partial charge in [-0.15, -0.1) is 0 Å². The predicted molar refractivity (Wildman–Crippen MR) is 143 cm³/mol. The Bertz CT molecular complexity index is 1270. The number of carbonyl (C=O) groups excluding carboxylic acids is 1. The van der Waals surface area contributed by atoms with E-state index in [0.717, 1.165) is 0 Å². The van der Waals surface area contributed by atoms with E-state index in [4.69, 9.17) is 26.8 Å². The molecule has 0 bridgehead atoms. The van der Waals surface area contributed by atoms with Crippen LogP contribution in [0.4, 0.5) is 21.6 Å². The Morgan fingerprint density at radius 2 is 1.92 bits per heavy atom. The topological polar surface area (TPSA) is 123 Å². The molecule has 4 N–H and O–H groups in total. The highest BCUT2D eigenvalue weighted by Gasteiger charge is 2.29. The molecule has 0 aliphatic heterocycles. The Balaban J connectivity index is 1.74. The second kappa shape index (κ2) is 11.5. The molecule has 0 spiro atoms. The van der Waals surface area contributed by atoms with Crippen molar-refractivity contribution in [3.8, 4) is 5.75 Å². The van der Waals surface area contributed by atoms with E-state index in [0.29, 0.717) is 40.4 Å². The number of nitrogens with one attached hydrogen (secondary N) is 1. The number of fused-ring (bicyclic) bond motifs is 1. The molecule has 0 saturated carbocycles. The maximum atomic E-state index is 13.5. The van der Waals surface area contributed by atoms with Crippen LogP contribution >= 0.6 is 11.6 Å². The van der Waals surface area contributed by atoms with Crippen molar-refractivity contribution in [1.29, 1.82) is 0 Å². The summed E-state index contributed by atoms with van der Waals surface area (Å²) >= 11 is 5.88. The number of nitrogen functional groups attached to an aromatic ring is 1. The third kappa shape index (κ3) is 7.64. The van der Waals surface area contributed by atoms with Crippen LogP contribution in [0.2, 0.25) is 5.02 Å². The van der Waals surface area contributed by atoms with Crippen molar-refractivity contribution in [3.63, 3.8) is 0 Å². The van der Waals surface area contributed by atoms with Crippen molar-refractivity contribution in [2.75, 3.05) is 37.4 Å². The van der Waals surface area contributed by atoms with Crippen LogP contribution in [0.5, 0.6) is 5.75 Å². The van der Waals surface area contributed by atoms with Crippen LogP contribution < -0.4 is 15.8 Å². The van der Waals surface area contributed by atoms with Gasteiger partial charge in [-0.1, -0.05) is 11.6 Å². The Morgan fingerprint density at radius 3 is 2.57 bits per heavy atom. The maximum absolute atomic E-state index is 13.5. The number of halogens is 2. The summed E-state index contributed by atoms with van der Waals surface area (Å²) in [7, 11) is 0. The largest absolute Gasteiger partial charge is 0.490 e. The number of ether oxygens (including phenoxy) is 2. The van der Waals surface area contributed by atoms with Gasteiger partial charge in [-0.3, -0.25) is 9.69 Å². The number of carbonyl (C=O) groups is 1. The molecule has 0 aliphatic carbocycles. The lowest BCUT2D eigenvalue weighted by molar-refractivity contribution is -0.158. The van der Waals surface area contributed by atoms with Gasteiger partial charge in [-0.2, -0.15) is 0 Å². The average Bonchev–Trinajstić information content (AvgIpc) is 2.80.